The molecule has 0 heterocycles. The molecule has 34 heavy (non-hydrogen) atoms. The number of hydrogen-bond acceptors (Lipinski definition) is 4. The average molecular weight is 454 g/mol. The van der Waals surface area contributed by atoms with Crippen LogP contribution in [0.1, 0.15) is 63.3 Å². The zero-order valence-electron chi connectivity index (χ0n) is 20.4. The topological polar surface area (TPSA) is 59.3 Å². The smallest absolute Gasteiger partial charge is 0.311 e. The number of carbonyl (C=O) groups excluding carboxylic acids is 1. The number of benzene rings is 3. The van der Waals surface area contributed by atoms with Gasteiger partial charge in [0, 0.05) is 11.5 Å². The van der Waals surface area contributed by atoms with Gasteiger partial charge in [0.15, 0.2) is 0 Å². The van der Waals surface area contributed by atoms with E-state index in [1.54, 1.807) is 18.2 Å². The molecule has 4 rings (SSSR count). The van der Waals surface area contributed by atoms with E-state index in [1.807, 2.05) is 36.4 Å². The number of para-hydroxylation sites is 1. The van der Waals surface area contributed by atoms with Gasteiger partial charge in [0.2, 0.25) is 6.10 Å². The van der Waals surface area contributed by atoms with E-state index in [4.69, 9.17) is 9.47 Å². The Labute approximate surface area is 202 Å². The van der Waals surface area contributed by atoms with Gasteiger partial charge < -0.3 is 9.47 Å². The molecule has 1 fully saturated rings. The van der Waals surface area contributed by atoms with Crippen molar-refractivity contribution in [3.63, 3.8) is 0 Å². The minimum absolute atomic E-state index is 0.0705. The van der Waals surface area contributed by atoms with E-state index in [0.29, 0.717) is 17.1 Å². The second kappa shape index (κ2) is 8.99. The van der Waals surface area contributed by atoms with Crippen molar-refractivity contribution in [1.82, 2.24) is 0 Å². The lowest BCUT2D eigenvalue weighted by Crippen LogP contribution is -2.14. The van der Waals surface area contributed by atoms with Crippen molar-refractivity contribution >= 4 is 5.97 Å². The van der Waals surface area contributed by atoms with E-state index in [9.17, 15) is 10.1 Å². The molecule has 0 aliphatic heterocycles. The van der Waals surface area contributed by atoms with E-state index >= 15 is 0 Å². The molecule has 3 atom stereocenters. The average Bonchev–Trinajstić information content (AvgIpc) is 3.39. The maximum atomic E-state index is 13.1. The highest BCUT2D eigenvalue weighted by atomic mass is 16.5. The molecule has 4 nitrogen and oxygen atoms in total. The van der Waals surface area contributed by atoms with E-state index in [-0.39, 0.29) is 28.6 Å². The number of esters is 1. The van der Waals surface area contributed by atoms with Crippen LogP contribution in [0, 0.1) is 22.7 Å². The molecule has 3 aromatic rings. The number of nitriles is 1. The van der Waals surface area contributed by atoms with Crippen molar-refractivity contribution in [2.45, 2.75) is 52.1 Å². The van der Waals surface area contributed by atoms with E-state index in [0.717, 1.165) is 5.56 Å². The molecule has 4 heteroatoms. The van der Waals surface area contributed by atoms with Gasteiger partial charge in [0.25, 0.3) is 0 Å². The van der Waals surface area contributed by atoms with Gasteiger partial charge in [-0.15, -0.1) is 0 Å². The summed E-state index contributed by atoms with van der Waals surface area (Å²) in [6.45, 7) is 10.7. The molecule has 0 bridgehead atoms. The number of hydrogen-bond donors (Lipinski definition) is 0. The molecular weight excluding hydrogens is 422 g/mol. The highest BCUT2D eigenvalue weighted by Crippen LogP contribution is 2.65. The summed E-state index contributed by atoms with van der Waals surface area (Å²) in [5, 5.41) is 9.76. The van der Waals surface area contributed by atoms with E-state index < -0.39 is 6.10 Å². The summed E-state index contributed by atoms with van der Waals surface area (Å²) >= 11 is 0. The Morgan fingerprint density at radius 3 is 2.21 bits per heavy atom. The van der Waals surface area contributed by atoms with Crippen LogP contribution in [0.15, 0.2) is 78.9 Å². The van der Waals surface area contributed by atoms with E-state index in [1.165, 1.54) is 5.56 Å². The van der Waals surface area contributed by atoms with Gasteiger partial charge in [0.1, 0.15) is 17.6 Å². The van der Waals surface area contributed by atoms with Gasteiger partial charge in [-0.1, -0.05) is 89.2 Å². The second-order valence-electron chi connectivity index (χ2n) is 10.6. The van der Waals surface area contributed by atoms with Crippen molar-refractivity contribution in [1.29, 1.82) is 5.26 Å². The van der Waals surface area contributed by atoms with Crippen LogP contribution < -0.4 is 4.74 Å². The first-order valence-electron chi connectivity index (χ1n) is 11.6. The third-order valence-corrected chi connectivity index (χ3v) is 6.71. The molecule has 0 amide bonds. The molecule has 1 aliphatic carbocycles. The van der Waals surface area contributed by atoms with Crippen LogP contribution in [0.5, 0.6) is 11.5 Å². The number of ether oxygens (including phenoxy) is 2. The molecule has 0 saturated heterocycles. The van der Waals surface area contributed by atoms with Crippen molar-refractivity contribution in [3.8, 4) is 17.6 Å². The Balaban J connectivity index is 1.47. The predicted molar refractivity (Wildman–Crippen MR) is 133 cm³/mol. The monoisotopic (exact) mass is 453 g/mol. The van der Waals surface area contributed by atoms with Gasteiger partial charge >= 0.3 is 5.97 Å². The van der Waals surface area contributed by atoms with Gasteiger partial charge in [-0.3, -0.25) is 4.79 Å². The highest BCUT2D eigenvalue weighted by Gasteiger charge is 2.63. The van der Waals surface area contributed by atoms with Crippen molar-refractivity contribution in [2.75, 3.05) is 0 Å². The molecule has 1 saturated carbocycles. The van der Waals surface area contributed by atoms with Crippen LogP contribution in [-0.2, 0) is 14.9 Å². The van der Waals surface area contributed by atoms with Crippen molar-refractivity contribution in [2.24, 2.45) is 11.3 Å². The lowest BCUT2D eigenvalue weighted by atomic mass is 9.86. The molecular formula is C30H31NO3. The summed E-state index contributed by atoms with van der Waals surface area (Å²) in [4.78, 5) is 13.1. The zero-order chi connectivity index (χ0) is 24.5. The van der Waals surface area contributed by atoms with Gasteiger partial charge in [-0.2, -0.15) is 5.26 Å². The summed E-state index contributed by atoms with van der Waals surface area (Å²) < 4.78 is 11.6. The lowest BCUT2D eigenvalue weighted by molar-refractivity contribution is -0.149. The van der Waals surface area contributed by atoms with Gasteiger partial charge in [-0.05, 0) is 46.2 Å². The summed E-state index contributed by atoms with van der Waals surface area (Å²) in [6.07, 6.45) is -0.993. The van der Waals surface area contributed by atoms with Crippen LogP contribution in [0.2, 0.25) is 0 Å². The standard InChI is InChI=1S/C30H31NO3/c1-29(2,3)22-16-14-20(15-17-22)26-27(30(26,4)5)28(32)34-25(19-31)21-10-9-13-24(18-21)33-23-11-7-6-8-12-23/h6-18,25-27H,1-5H3. The molecule has 0 N–H and O–H groups in total. The highest BCUT2D eigenvalue weighted by molar-refractivity contribution is 5.80. The maximum absolute atomic E-state index is 13.1. The fraction of sp³-hybridized carbons (Fsp3) is 0.333. The molecule has 174 valence electrons. The molecule has 3 unspecified atom stereocenters. The Kier molecular flexibility index (Phi) is 6.23. The summed E-state index contributed by atoms with van der Waals surface area (Å²) in [5.74, 6) is 0.735. The molecule has 1 aliphatic rings. The Morgan fingerprint density at radius 1 is 0.941 bits per heavy atom. The lowest BCUT2D eigenvalue weighted by Gasteiger charge is -2.19. The third kappa shape index (κ3) is 4.84. The largest absolute Gasteiger partial charge is 0.457 e. The Morgan fingerprint density at radius 2 is 1.59 bits per heavy atom. The van der Waals surface area contributed by atoms with Crippen LogP contribution in [0.4, 0.5) is 0 Å². The first kappa shape index (κ1) is 23.6. The fourth-order valence-electron chi connectivity index (χ4n) is 4.61. The fourth-order valence-corrected chi connectivity index (χ4v) is 4.61. The van der Waals surface area contributed by atoms with Crippen molar-refractivity contribution < 1.29 is 14.3 Å². The molecule has 0 radical (unpaired) electrons. The summed E-state index contributed by atoms with van der Waals surface area (Å²) in [5.41, 5.74) is 2.84. The Bertz CT molecular complexity index is 1200. The summed E-state index contributed by atoms with van der Waals surface area (Å²) in [6, 6.07) is 27.2. The Hall–Kier alpha value is -3.58. The summed E-state index contributed by atoms with van der Waals surface area (Å²) in [7, 11) is 0. The number of nitrogens with zero attached hydrogens (tertiary/aromatic N) is 1. The van der Waals surface area contributed by atoms with Gasteiger partial charge in [0.05, 0.1) is 5.92 Å². The van der Waals surface area contributed by atoms with Crippen LogP contribution in [0.3, 0.4) is 0 Å². The van der Waals surface area contributed by atoms with Crippen LogP contribution in [0.25, 0.3) is 0 Å². The van der Waals surface area contributed by atoms with Crippen LogP contribution >= 0.6 is 0 Å². The first-order valence-corrected chi connectivity index (χ1v) is 11.6. The minimum atomic E-state index is -0.993. The second-order valence-corrected chi connectivity index (χ2v) is 10.6. The number of rotatable bonds is 6. The molecule has 0 spiro atoms. The predicted octanol–water partition coefficient (Wildman–Crippen LogP) is 7.32. The third-order valence-electron chi connectivity index (χ3n) is 6.71. The zero-order valence-corrected chi connectivity index (χ0v) is 20.4. The van der Waals surface area contributed by atoms with Crippen LogP contribution in [-0.4, -0.2) is 5.97 Å². The van der Waals surface area contributed by atoms with Gasteiger partial charge in [-0.25, -0.2) is 0 Å². The normalized spacial score (nSPS) is 19.5. The molecule has 3 aromatic carbocycles. The van der Waals surface area contributed by atoms with E-state index in [2.05, 4.69) is 65.0 Å². The molecule has 0 aromatic heterocycles. The number of carbonyl (C=O) groups is 1. The maximum Gasteiger partial charge on any atom is 0.311 e. The minimum Gasteiger partial charge on any atom is -0.457 e. The quantitative estimate of drug-likeness (QED) is 0.367. The SMILES string of the molecule is CC(C)(C)c1ccc(C2C(C(=O)OC(C#N)c3cccc(Oc4ccccc4)c3)C2(C)C)cc1. The van der Waals surface area contributed by atoms with Crippen molar-refractivity contribution in [3.05, 3.63) is 95.6 Å². The first-order chi connectivity index (χ1) is 16.1.